The van der Waals surface area contributed by atoms with Crippen LogP contribution in [-0.2, 0) is 0 Å². The van der Waals surface area contributed by atoms with E-state index in [0.29, 0.717) is 12.0 Å². The van der Waals surface area contributed by atoms with Gasteiger partial charge in [-0.05, 0) is 29.8 Å². The molecular weight excluding hydrogens is 254 g/mol. The van der Waals surface area contributed by atoms with Crippen LogP contribution < -0.4 is 5.32 Å². The molecule has 100 valence electrons. The molecule has 1 N–H and O–H groups in total. The molecule has 2 aromatic carbocycles. The van der Waals surface area contributed by atoms with Crippen LogP contribution in [0.25, 0.3) is 0 Å². The molecule has 2 heteroatoms. The summed E-state index contributed by atoms with van der Waals surface area (Å²) in [5, 5.41) is 4.36. The van der Waals surface area contributed by atoms with Crippen molar-refractivity contribution in [2.45, 2.75) is 25.8 Å². The molecule has 0 spiro atoms. The standard InChI is InChI=1S/C17H20ClN/c1-3-19-17(15-9-11-16(18)12-10-15)13(2)14-7-5-4-6-8-14/h4-13,17,19H,3H2,1-2H3. The van der Waals surface area contributed by atoms with E-state index in [1.807, 2.05) is 12.1 Å². The van der Waals surface area contributed by atoms with Gasteiger partial charge in [0.05, 0.1) is 0 Å². The second kappa shape index (κ2) is 6.74. The second-order valence-corrected chi connectivity index (χ2v) is 5.22. The number of rotatable bonds is 5. The Kier molecular flexibility index (Phi) is 5.00. The van der Waals surface area contributed by atoms with E-state index in [2.05, 4.69) is 61.6 Å². The molecule has 0 fully saturated rings. The SMILES string of the molecule is CCNC(c1ccc(Cl)cc1)C(C)c1ccccc1. The van der Waals surface area contributed by atoms with E-state index >= 15 is 0 Å². The first-order valence-electron chi connectivity index (χ1n) is 6.76. The molecule has 0 amide bonds. The van der Waals surface area contributed by atoms with Crippen LogP contribution in [0.5, 0.6) is 0 Å². The molecular formula is C17H20ClN. The van der Waals surface area contributed by atoms with Crippen molar-refractivity contribution in [2.75, 3.05) is 6.54 Å². The lowest BCUT2D eigenvalue weighted by Crippen LogP contribution is -2.25. The summed E-state index contributed by atoms with van der Waals surface area (Å²) in [5.41, 5.74) is 2.63. The van der Waals surface area contributed by atoms with Gasteiger partial charge in [0.15, 0.2) is 0 Å². The minimum atomic E-state index is 0.310. The Labute approximate surface area is 120 Å². The number of nitrogens with one attached hydrogen (secondary N) is 1. The van der Waals surface area contributed by atoms with Gasteiger partial charge in [0.1, 0.15) is 0 Å². The van der Waals surface area contributed by atoms with E-state index in [-0.39, 0.29) is 0 Å². The summed E-state index contributed by atoms with van der Waals surface area (Å²) >= 11 is 5.97. The molecule has 2 aromatic rings. The van der Waals surface area contributed by atoms with E-state index in [9.17, 15) is 0 Å². The van der Waals surface area contributed by atoms with Crippen LogP contribution in [0.3, 0.4) is 0 Å². The molecule has 0 saturated heterocycles. The average Bonchev–Trinajstić information content (AvgIpc) is 2.46. The summed E-state index contributed by atoms with van der Waals surface area (Å²) in [6, 6.07) is 19.1. The molecule has 0 aliphatic carbocycles. The van der Waals surface area contributed by atoms with Gasteiger partial charge in [-0.1, -0.05) is 67.9 Å². The van der Waals surface area contributed by atoms with Crippen molar-refractivity contribution in [3.05, 3.63) is 70.7 Å². The van der Waals surface area contributed by atoms with Gasteiger partial charge in [-0.15, -0.1) is 0 Å². The van der Waals surface area contributed by atoms with E-state index in [1.54, 1.807) is 0 Å². The highest BCUT2D eigenvalue weighted by Crippen LogP contribution is 2.30. The van der Waals surface area contributed by atoms with Gasteiger partial charge in [0, 0.05) is 17.0 Å². The van der Waals surface area contributed by atoms with Gasteiger partial charge in [-0.2, -0.15) is 0 Å². The summed E-state index contributed by atoms with van der Waals surface area (Å²) in [5.74, 6) is 0.419. The third-order valence-corrected chi connectivity index (χ3v) is 3.73. The monoisotopic (exact) mass is 273 g/mol. The van der Waals surface area contributed by atoms with Crippen molar-refractivity contribution in [1.29, 1.82) is 0 Å². The summed E-state index contributed by atoms with van der Waals surface area (Å²) in [4.78, 5) is 0. The molecule has 2 unspecified atom stereocenters. The van der Waals surface area contributed by atoms with Crippen LogP contribution in [0.2, 0.25) is 5.02 Å². The maximum absolute atomic E-state index is 5.97. The van der Waals surface area contributed by atoms with E-state index in [4.69, 9.17) is 11.6 Å². The zero-order chi connectivity index (χ0) is 13.7. The van der Waals surface area contributed by atoms with Crippen molar-refractivity contribution >= 4 is 11.6 Å². The highest BCUT2D eigenvalue weighted by atomic mass is 35.5. The first-order valence-corrected chi connectivity index (χ1v) is 7.14. The lowest BCUT2D eigenvalue weighted by molar-refractivity contribution is 0.479. The fourth-order valence-corrected chi connectivity index (χ4v) is 2.55. The lowest BCUT2D eigenvalue weighted by Gasteiger charge is -2.26. The zero-order valence-electron chi connectivity index (χ0n) is 11.4. The molecule has 1 nitrogen and oxygen atoms in total. The third-order valence-electron chi connectivity index (χ3n) is 3.48. The van der Waals surface area contributed by atoms with Crippen molar-refractivity contribution in [3.63, 3.8) is 0 Å². The Morgan fingerprint density at radius 1 is 0.947 bits per heavy atom. The van der Waals surface area contributed by atoms with E-state index in [1.165, 1.54) is 11.1 Å². The van der Waals surface area contributed by atoms with Crippen LogP contribution in [0.4, 0.5) is 0 Å². The predicted octanol–water partition coefficient (Wildman–Crippen LogP) is 4.79. The Hall–Kier alpha value is -1.31. The topological polar surface area (TPSA) is 12.0 Å². The minimum Gasteiger partial charge on any atom is -0.310 e. The molecule has 0 radical (unpaired) electrons. The normalized spacial score (nSPS) is 14.1. The van der Waals surface area contributed by atoms with Gasteiger partial charge < -0.3 is 5.32 Å². The van der Waals surface area contributed by atoms with Crippen LogP contribution in [0.15, 0.2) is 54.6 Å². The van der Waals surface area contributed by atoms with Crippen LogP contribution in [-0.4, -0.2) is 6.54 Å². The van der Waals surface area contributed by atoms with Gasteiger partial charge in [0.25, 0.3) is 0 Å². The summed E-state index contributed by atoms with van der Waals surface area (Å²) in [7, 11) is 0. The smallest absolute Gasteiger partial charge is 0.0406 e. The number of hydrogen-bond donors (Lipinski definition) is 1. The zero-order valence-corrected chi connectivity index (χ0v) is 12.2. The van der Waals surface area contributed by atoms with Crippen molar-refractivity contribution in [2.24, 2.45) is 0 Å². The molecule has 0 aliphatic heterocycles. The van der Waals surface area contributed by atoms with E-state index < -0.39 is 0 Å². The van der Waals surface area contributed by atoms with Gasteiger partial charge in [-0.25, -0.2) is 0 Å². The number of hydrogen-bond acceptors (Lipinski definition) is 1. The molecule has 0 bridgehead atoms. The quantitative estimate of drug-likeness (QED) is 0.826. The molecule has 2 atom stereocenters. The van der Waals surface area contributed by atoms with E-state index in [0.717, 1.165) is 11.6 Å². The predicted molar refractivity (Wildman–Crippen MR) is 82.7 cm³/mol. The van der Waals surface area contributed by atoms with Gasteiger partial charge >= 0.3 is 0 Å². The maximum atomic E-state index is 5.97. The van der Waals surface area contributed by atoms with Crippen LogP contribution in [0, 0.1) is 0 Å². The summed E-state index contributed by atoms with van der Waals surface area (Å²) < 4.78 is 0. The molecule has 2 rings (SSSR count). The number of likely N-dealkylation sites (N-methyl/N-ethyl adjacent to an activating group) is 1. The fourth-order valence-electron chi connectivity index (χ4n) is 2.42. The first-order chi connectivity index (χ1) is 9.22. The Morgan fingerprint density at radius 3 is 2.16 bits per heavy atom. The maximum Gasteiger partial charge on any atom is 0.0406 e. The van der Waals surface area contributed by atoms with Crippen molar-refractivity contribution in [3.8, 4) is 0 Å². The third kappa shape index (κ3) is 3.59. The summed E-state index contributed by atoms with van der Waals surface area (Å²) in [6.45, 7) is 5.35. The Balaban J connectivity index is 2.27. The van der Waals surface area contributed by atoms with Crippen LogP contribution >= 0.6 is 11.6 Å². The molecule has 0 heterocycles. The van der Waals surface area contributed by atoms with Gasteiger partial charge in [0.2, 0.25) is 0 Å². The fraction of sp³-hybridized carbons (Fsp3) is 0.294. The highest BCUT2D eigenvalue weighted by molar-refractivity contribution is 6.30. The van der Waals surface area contributed by atoms with Gasteiger partial charge in [-0.3, -0.25) is 0 Å². The number of halogens is 1. The minimum absolute atomic E-state index is 0.310. The Bertz CT molecular complexity index is 492. The van der Waals surface area contributed by atoms with Crippen molar-refractivity contribution < 1.29 is 0 Å². The average molecular weight is 274 g/mol. The second-order valence-electron chi connectivity index (χ2n) is 4.79. The first kappa shape index (κ1) is 14.1. The highest BCUT2D eigenvalue weighted by Gasteiger charge is 2.19. The van der Waals surface area contributed by atoms with Crippen molar-refractivity contribution in [1.82, 2.24) is 5.32 Å². The largest absolute Gasteiger partial charge is 0.310 e. The molecule has 19 heavy (non-hydrogen) atoms. The summed E-state index contributed by atoms with van der Waals surface area (Å²) in [6.07, 6.45) is 0. The van der Waals surface area contributed by atoms with Crippen LogP contribution in [0.1, 0.15) is 36.9 Å². The lowest BCUT2D eigenvalue weighted by atomic mass is 9.88. The number of benzene rings is 2. The Morgan fingerprint density at radius 2 is 1.58 bits per heavy atom. The molecule has 0 saturated carbocycles. The molecule has 0 aliphatic rings. The molecule has 0 aromatic heterocycles.